The highest BCUT2D eigenvalue weighted by atomic mass is 32.1. The van der Waals surface area contributed by atoms with E-state index in [1.165, 1.54) is 10.4 Å². The van der Waals surface area contributed by atoms with Crippen molar-refractivity contribution in [3.63, 3.8) is 0 Å². The van der Waals surface area contributed by atoms with Gasteiger partial charge in [0.15, 0.2) is 0 Å². The first kappa shape index (κ1) is 5.06. The number of hydrogen-bond donors (Lipinski definition) is 0. The van der Waals surface area contributed by atoms with Gasteiger partial charge in [-0.15, -0.1) is 11.3 Å². The molecule has 46 valence electrons. The van der Waals surface area contributed by atoms with Crippen LogP contribution in [0.3, 0.4) is 0 Å². The van der Waals surface area contributed by atoms with Gasteiger partial charge in [0.25, 0.3) is 0 Å². The minimum atomic E-state index is 1.33. The van der Waals surface area contributed by atoms with E-state index < -0.39 is 0 Å². The molecule has 2 heteroatoms. The van der Waals surface area contributed by atoms with Gasteiger partial charge in [0, 0.05) is 17.8 Å². The van der Waals surface area contributed by atoms with Crippen molar-refractivity contribution in [2.45, 2.75) is 6.92 Å². The Balaban J connectivity index is 2.92. The summed E-state index contributed by atoms with van der Waals surface area (Å²) < 4.78 is 2.14. The Bertz CT molecular complexity index is 290. The molecule has 2 heterocycles. The number of fused-ring (bicyclic) bond motifs is 1. The minimum absolute atomic E-state index is 1.33. The predicted octanol–water partition coefficient (Wildman–Crippen LogP) is 2.31. The van der Waals surface area contributed by atoms with E-state index in [-0.39, 0.29) is 0 Å². The molecule has 0 aromatic carbocycles. The van der Waals surface area contributed by atoms with Crippen molar-refractivity contribution in [1.29, 1.82) is 0 Å². The molecule has 1 nitrogen and oxygen atoms in total. The monoisotopic (exact) mass is 137 g/mol. The van der Waals surface area contributed by atoms with Crippen LogP contribution in [-0.2, 0) is 0 Å². The number of rotatable bonds is 0. The van der Waals surface area contributed by atoms with Gasteiger partial charge >= 0.3 is 0 Å². The lowest BCUT2D eigenvalue weighted by atomic mass is 10.4. The van der Waals surface area contributed by atoms with Crippen LogP contribution in [0.5, 0.6) is 0 Å². The van der Waals surface area contributed by atoms with Gasteiger partial charge < -0.3 is 4.40 Å². The quantitative estimate of drug-likeness (QED) is 0.525. The number of thiazole rings is 1. The van der Waals surface area contributed by atoms with E-state index in [0.29, 0.717) is 0 Å². The van der Waals surface area contributed by atoms with Gasteiger partial charge in [-0.3, -0.25) is 0 Å². The highest BCUT2D eigenvalue weighted by Crippen LogP contribution is 2.14. The second kappa shape index (κ2) is 1.61. The maximum absolute atomic E-state index is 2.19. The zero-order chi connectivity index (χ0) is 6.27. The molecule has 0 bridgehead atoms. The molecule has 0 fully saturated rings. The number of nitrogens with zero attached hydrogens (tertiary/aromatic N) is 1. The molecule has 0 aliphatic rings. The van der Waals surface area contributed by atoms with Crippen molar-refractivity contribution in [3.05, 3.63) is 29.4 Å². The van der Waals surface area contributed by atoms with Gasteiger partial charge in [0.05, 0.1) is 4.83 Å². The molecule has 0 unspecified atom stereocenters. The molecule has 0 radical (unpaired) electrons. The van der Waals surface area contributed by atoms with Crippen molar-refractivity contribution in [2.75, 3.05) is 0 Å². The molecular formula is C7H7NS. The average molecular weight is 137 g/mol. The van der Waals surface area contributed by atoms with E-state index in [9.17, 15) is 0 Å². The van der Waals surface area contributed by atoms with Crippen LogP contribution in [0.4, 0.5) is 0 Å². The van der Waals surface area contributed by atoms with E-state index >= 15 is 0 Å². The molecule has 0 aliphatic carbocycles. The van der Waals surface area contributed by atoms with Crippen LogP contribution in [0.25, 0.3) is 4.83 Å². The Labute approximate surface area is 57.6 Å². The molecular weight excluding hydrogens is 130 g/mol. The third-order valence-corrected chi connectivity index (χ3v) is 2.19. The summed E-state index contributed by atoms with van der Waals surface area (Å²) >= 11 is 1.77. The van der Waals surface area contributed by atoms with Gasteiger partial charge in [0.2, 0.25) is 0 Å². The third-order valence-electron chi connectivity index (χ3n) is 1.36. The Hall–Kier alpha value is -0.760. The SMILES string of the molecule is Cc1cc2sccn2c1. The van der Waals surface area contributed by atoms with Crippen molar-refractivity contribution in [1.82, 2.24) is 4.40 Å². The summed E-state index contributed by atoms with van der Waals surface area (Å²) in [7, 11) is 0. The minimum Gasteiger partial charge on any atom is -0.314 e. The van der Waals surface area contributed by atoms with Gasteiger partial charge in [-0.25, -0.2) is 0 Å². The van der Waals surface area contributed by atoms with Crippen LogP contribution in [0, 0.1) is 6.92 Å². The molecule has 2 rings (SSSR count). The van der Waals surface area contributed by atoms with E-state index in [0.717, 1.165) is 0 Å². The molecule has 0 atom stereocenters. The lowest BCUT2D eigenvalue weighted by Crippen LogP contribution is -1.66. The third kappa shape index (κ3) is 0.669. The molecule has 0 amide bonds. The number of hydrogen-bond acceptors (Lipinski definition) is 1. The van der Waals surface area contributed by atoms with Crippen LogP contribution < -0.4 is 0 Å². The van der Waals surface area contributed by atoms with Gasteiger partial charge in [0.1, 0.15) is 0 Å². The first-order valence-corrected chi connectivity index (χ1v) is 3.76. The molecule has 0 aliphatic heterocycles. The summed E-state index contributed by atoms with van der Waals surface area (Å²) in [5, 5.41) is 2.09. The normalized spacial score (nSPS) is 10.8. The standard InChI is InChI=1S/C7H7NS/c1-6-4-7-8(5-6)2-3-9-7/h2-5H,1H3. The lowest BCUT2D eigenvalue weighted by molar-refractivity contribution is 1.22. The lowest BCUT2D eigenvalue weighted by Gasteiger charge is -1.75. The van der Waals surface area contributed by atoms with Crippen LogP contribution in [0.2, 0.25) is 0 Å². The van der Waals surface area contributed by atoms with E-state index in [2.05, 4.69) is 35.2 Å². The summed E-state index contributed by atoms with van der Waals surface area (Å²) in [6.45, 7) is 2.11. The van der Waals surface area contributed by atoms with E-state index in [1.807, 2.05) is 0 Å². The zero-order valence-electron chi connectivity index (χ0n) is 5.16. The van der Waals surface area contributed by atoms with Crippen molar-refractivity contribution in [2.24, 2.45) is 0 Å². The average Bonchev–Trinajstić information content (AvgIpc) is 2.22. The first-order chi connectivity index (χ1) is 4.36. The highest BCUT2D eigenvalue weighted by molar-refractivity contribution is 7.15. The molecule has 0 N–H and O–H groups in total. The zero-order valence-corrected chi connectivity index (χ0v) is 5.98. The summed E-state index contributed by atoms with van der Waals surface area (Å²) in [6.07, 6.45) is 4.21. The van der Waals surface area contributed by atoms with Crippen LogP contribution in [0.15, 0.2) is 23.8 Å². The fraction of sp³-hybridized carbons (Fsp3) is 0.143. The fourth-order valence-corrected chi connectivity index (χ4v) is 1.79. The second-order valence-corrected chi connectivity index (χ2v) is 3.09. The molecule has 2 aromatic heterocycles. The molecule has 9 heavy (non-hydrogen) atoms. The Morgan fingerprint density at radius 1 is 1.56 bits per heavy atom. The van der Waals surface area contributed by atoms with Crippen molar-refractivity contribution >= 4 is 16.2 Å². The van der Waals surface area contributed by atoms with E-state index in [1.54, 1.807) is 11.3 Å². The smallest absolute Gasteiger partial charge is 0.0993 e. The maximum Gasteiger partial charge on any atom is 0.0993 e. The number of aromatic nitrogens is 1. The molecule has 0 spiro atoms. The van der Waals surface area contributed by atoms with E-state index in [4.69, 9.17) is 0 Å². The Kier molecular flexibility index (Phi) is 0.904. The summed E-state index contributed by atoms with van der Waals surface area (Å²) in [5.74, 6) is 0. The van der Waals surface area contributed by atoms with Gasteiger partial charge in [-0.05, 0) is 18.6 Å². The topological polar surface area (TPSA) is 4.41 Å². The summed E-state index contributed by atoms with van der Waals surface area (Å²) in [6, 6.07) is 2.19. The Morgan fingerprint density at radius 3 is 3.22 bits per heavy atom. The molecule has 0 saturated heterocycles. The molecule has 2 aromatic rings. The Morgan fingerprint density at radius 2 is 2.44 bits per heavy atom. The van der Waals surface area contributed by atoms with Crippen molar-refractivity contribution in [3.8, 4) is 0 Å². The van der Waals surface area contributed by atoms with Crippen LogP contribution in [-0.4, -0.2) is 4.40 Å². The summed E-state index contributed by atoms with van der Waals surface area (Å²) in [5.41, 5.74) is 1.34. The fourth-order valence-electron chi connectivity index (χ4n) is 0.967. The van der Waals surface area contributed by atoms with Gasteiger partial charge in [-0.2, -0.15) is 0 Å². The predicted molar refractivity (Wildman–Crippen MR) is 40.0 cm³/mol. The largest absolute Gasteiger partial charge is 0.314 e. The highest BCUT2D eigenvalue weighted by Gasteiger charge is 1.92. The second-order valence-electron chi connectivity index (χ2n) is 2.17. The van der Waals surface area contributed by atoms with Crippen LogP contribution >= 0.6 is 11.3 Å². The van der Waals surface area contributed by atoms with Crippen molar-refractivity contribution < 1.29 is 0 Å². The first-order valence-electron chi connectivity index (χ1n) is 2.88. The summed E-state index contributed by atoms with van der Waals surface area (Å²) in [4.78, 5) is 1.33. The number of aryl methyl sites for hydroxylation is 1. The molecule has 0 saturated carbocycles. The van der Waals surface area contributed by atoms with Crippen LogP contribution in [0.1, 0.15) is 5.56 Å². The maximum atomic E-state index is 2.19. The van der Waals surface area contributed by atoms with Gasteiger partial charge in [-0.1, -0.05) is 0 Å².